The molecule has 2 aliphatic heterocycles. The fourth-order valence-corrected chi connectivity index (χ4v) is 4.85. The zero-order chi connectivity index (χ0) is 24.6. The normalized spacial score (nSPS) is 19.9. The second kappa shape index (κ2) is 9.29. The summed E-state index contributed by atoms with van der Waals surface area (Å²) in [5.74, 6) is 1.70. The number of benzene rings is 1. The van der Waals surface area contributed by atoms with Crippen LogP contribution in [0.3, 0.4) is 0 Å². The number of aliphatic hydroxyl groups excluding tert-OH is 1. The first kappa shape index (κ1) is 23.3. The van der Waals surface area contributed by atoms with E-state index in [-0.39, 0.29) is 12.6 Å². The van der Waals surface area contributed by atoms with Crippen molar-refractivity contribution in [3.63, 3.8) is 0 Å². The lowest BCUT2D eigenvalue weighted by molar-refractivity contribution is 0.0843. The van der Waals surface area contributed by atoms with E-state index in [0.29, 0.717) is 29.7 Å². The molecule has 2 aliphatic rings. The van der Waals surface area contributed by atoms with Crippen molar-refractivity contribution in [1.82, 2.24) is 19.7 Å². The van der Waals surface area contributed by atoms with E-state index < -0.39 is 5.41 Å². The van der Waals surface area contributed by atoms with Crippen LogP contribution in [0.2, 0.25) is 0 Å². The number of rotatable bonds is 6. The highest BCUT2D eigenvalue weighted by atomic mass is 16.5. The molecule has 0 bridgehead atoms. The monoisotopic (exact) mass is 473 g/mol. The molecule has 3 N–H and O–H groups in total. The number of hydrogen-bond donors (Lipinski definition) is 3. The number of anilines is 3. The molecule has 9 heteroatoms. The molecule has 0 unspecified atom stereocenters. The van der Waals surface area contributed by atoms with Gasteiger partial charge in [-0.2, -0.15) is 10.4 Å². The topological polar surface area (TPSA) is 121 Å². The molecule has 1 saturated heterocycles. The zero-order valence-electron chi connectivity index (χ0n) is 20.4. The molecule has 2 aromatic heterocycles. The third kappa shape index (κ3) is 4.35. The first-order valence-electron chi connectivity index (χ1n) is 12.1. The molecule has 0 amide bonds. The Morgan fingerprint density at radius 3 is 2.83 bits per heavy atom. The van der Waals surface area contributed by atoms with E-state index in [0.717, 1.165) is 54.4 Å². The van der Waals surface area contributed by atoms with Crippen LogP contribution in [0, 0.1) is 11.3 Å². The number of aromatic nitrogens is 4. The van der Waals surface area contributed by atoms with E-state index in [9.17, 15) is 10.4 Å². The van der Waals surface area contributed by atoms with E-state index in [4.69, 9.17) is 14.8 Å². The first-order chi connectivity index (χ1) is 16.9. The van der Waals surface area contributed by atoms with Crippen LogP contribution in [0.25, 0.3) is 11.3 Å². The SMILES string of the molecule is CC(C)n1nc(C2CCOCC2)cc1Nc1nccc(-c2cc(C#N)c3c(c2)[C@@](C)(CO)CN3)n1. The Bertz CT molecular complexity index is 1270. The first-order valence-corrected chi connectivity index (χ1v) is 12.1. The van der Waals surface area contributed by atoms with Crippen molar-refractivity contribution >= 4 is 17.5 Å². The van der Waals surface area contributed by atoms with Gasteiger partial charge >= 0.3 is 0 Å². The van der Waals surface area contributed by atoms with Crippen molar-refractivity contribution in [2.24, 2.45) is 0 Å². The molecule has 0 spiro atoms. The summed E-state index contributed by atoms with van der Waals surface area (Å²) in [4.78, 5) is 9.20. The van der Waals surface area contributed by atoms with Gasteiger partial charge in [0.2, 0.25) is 5.95 Å². The van der Waals surface area contributed by atoms with Crippen LogP contribution in [0.1, 0.15) is 62.4 Å². The molecule has 182 valence electrons. The lowest BCUT2D eigenvalue weighted by atomic mass is 9.83. The maximum absolute atomic E-state index is 10.00. The van der Waals surface area contributed by atoms with Crippen LogP contribution >= 0.6 is 0 Å². The van der Waals surface area contributed by atoms with Crippen LogP contribution in [0.4, 0.5) is 17.5 Å². The minimum absolute atomic E-state index is 0.00740. The van der Waals surface area contributed by atoms with E-state index >= 15 is 0 Å². The molecule has 0 radical (unpaired) electrons. The largest absolute Gasteiger partial charge is 0.395 e. The van der Waals surface area contributed by atoms with Crippen molar-refractivity contribution < 1.29 is 9.84 Å². The van der Waals surface area contributed by atoms with E-state index in [1.807, 2.05) is 29.8 Å². The number of fused-ring (bicyclic) bond motifs is 1. The standard InChI is InChI=1S/C26H31N7O2/c1-16(2)33-23(12-22(32-33)17-5-8-35-9-6-17)31-25-28-7-4-21(30-25)18-10-19(13-27)24-20(11-18)26(3,15-34)14-29-24/h4,7,10-12,16-17,29,34H,5-6,8-9,14-15H2,1-3H3,(H,28,30,31)/t26-/m1/s1. The average Bonchev–Trinajstić information content (AvgIpc) is 3.46. The Morgan fingerprint density at radius 1 is 1.31 bits per heavy atom. The predicted octanol–water partition coefficient (Wildman–Crippen LogP) is 4.11. The third-order valence-electron chi connectivity index (χ3n) is 6.99. The van der Waals surface area contributed by atoms with Crippen molar-refractivity contribution in [1.29, 1.82) is 5.26 Å². The van der Waals surface area contributed by atoms with Crippen molar-refractivity contribution in [2.75, 3.05) is 37.0 Å². The van der Waals surface area contributed by atoms with Gasteiger partial charge in [0.25, 0.3) is 0 Å². The van der Waals surface area contributed by atoms with Gasteiger partial charge in [0.05, 0.1) is 29.2 Å². The van der Waals surface area contributed by atoms with Gasteiger partial charge in [-0.05, 0) is 50.5 Å². The molecule has 1 atom stereocenters. The number of aliphatic hydroxyl groups is 1. The molecule has 35 heavy (non-hydrogen) atoms. The minimum Gasteiger partial charge on any atom is -0.395 e. The summed E-state index contributed by atoms with van der Waals surface area (Å²) >= 11 is 0. The molecule has 5 rings (SSSR count). The van der Waals surface area contributed by atoms with Crippen molar-refractivity contribution in [3.8, 4) is 17.3 Å². The summed E-state index contributed by atoms with van der Waals surface area (Å²) < 4.78 is 7.49. The molecule has 9 nitrogen and oxygen atoms in total. The minimum atomic E-state index is -0.449. The second-order valence-corrected chi connectivity index (χ2v) is 9.90. The van der Waals surface area contributed by atoms with Crippen LogP contribution in [-0.2, 0) is 10.2 Å². The lowest BCUT2D eigenvalue weighted by Gasteiger charge is -2.21. The zero-order valence-corrected chi connectivity index (χ0v) is 20.4. The van der Waals surface area contributed by atoms with E-state index in [1.54, 1.807) is 6.20 Å². The van der Waals surface area contributed by atoms with Gasteiger partial charge in [-0.1, -0.05) is 6.92 Å². The Hall–Kier alpha value is -3.48. The van der Waals surface area contributed by atoms with Crippen LogP contribution in [0.5, 0.6) is 0 Å². The number of nitriles is 1. The van der Waals surface area contributed by atoms with Gasteiger partial charge in [0.15, 0.2) is 0 Å². The third-order valence-corrected chi connectivity index (χ3v) is 6.99. The highest BCUT2D eigenvalue weighted by molar-refractivity contribution is 5.76. The smallest absolute Gasteiger partial charge is 0.228 e. The molecule has 0 aliphatic carbocycles. The van der Waals surface area contributed by atoms with Crippen LogP contribution < -0.4 is 10.6 Å². The maximum Gasteiger partial charge on any atom is 0.228 e. The molecule has 4 heterocycles. The van der Waals surface area contributed by atoms with Gasteiger partial charge < -0.3 is 20.5 Å². The number of nitrogens with zero attached hydrogens (tertiary/aromatic N) is 5. The lowest BCUT2D eigenvalue weighted by Crippen LogP contribution is -2.28. The number of ether oxygens (including phenoxy) is 1. The predicted molar refractivity (Wildman–Crippen MR) is 134 cm³/mol. The highest BCUT2D eigenvalue weighted by Crippen LogP contribution is 2.41. The second-order valence-electron chi connectivity index (χ2n) is 9.90. The molecule has 0 saturated carbocycles. The molecule has 3 aromatic rings. The summed E-state index contributed by atoms with van der Waals surface area (Å²) in [6.45, 7) is 8.31. The van der Waals surface area contributed by atoms with E-state index in [2.05, 4.69) is 41.6 Å². The summed E-state index contributed by atoms with van der Waals surface area (Å²) in [7, 11) is 0. The Kier molecular flexibility index (Phi) is 6.17. The Balaban J connectivity index is 1.48. The van der Waals surface area contributed by atoms with Crippen LogP contribution in [0.15, 0.2) is 30.5 Å². The molecular weight excluding hydrogens is 442 g/mol. The summed E-state index contributed by atoms with van der Waals surface area (Å²) in [5.41, 5.74) is 4.40. The quantitative estimate of drug-likeness (QED) is 0.489. The van der Waals surface area contributed by atoms with Crippen molar-refractivity contribution in [2.45, 2.75) is 51.0 Å². The molecule has 1 fully saturated rings. The van der Waals surface area contributed by atoms with Crippen molar-refractivity contribution in [3.05, 3.63) is 47.3 Å². The van der Waals surface area contributed by atoms with Gasteiger partial charge in [0, 0.05) is 55.0 Å². The number of nitrogens with one attached hydrogen (secondary N) is 2. The highest BCUT2D eigenvalue weighted by Gasteiger charge is 2.36. The fraction of sp³-hybridized carbons (Fsp3) is 0.462. The van der Waals surface area contributed by atoms with Gasteiger partial charge in [-0.3, -0.25) is 0 Å². The summed E-state index contributed by atoms with van der Waals surface area (Å²) in [5, 5.41) is 31.3. The Labute approximate surface area is 205 Å². The van der Waals surface area contributed by atoms with Gasteiger partial charge in [0.1, 0.15) is 11.9 Å². The van der Waals surface area contributed by atoms with E-state index in [1.165, 1.54) is 0 Å². The van der Waals surface area contributed by atoms with Crippen LogP contribution in [-0.4, -0.2) is 51.2 Å². The van der Waals surface area contributed by atoms with Gasteiger partial charge in [-0.15, -0.1) is 0 Å². The number of hydrogen-bond acceptors (Lipinski definition) is 8. The maximum atomic E-state index is 10.00. The summed E-state index contributed by atoms with van der Waals surface area (Å²) in [6.07, 6.45) is 3.66. The fourth-order valence-electron chi connectivity index (χ4n) is 4.85. The summed E-state index contributed by atoms with van der Waals surface area (Å²) in [6, 6.07) is 10.2. The molecule has 1 aromatic carbocycles. The molecular formula is C26H31N7O2. The Morgan fingerprint density at radius 2 is 2.11 bits per heavy atom. The average molecular weight is 474 g/mol. The van der Waals surface area contributed by atoms with Gasteiger partial charge in [-0.25, -0.2) is 14.6 Å².